The van der Waals surface area contributed by atoms with Gasteiger partial charge in [0.25, 0.3) is 0 Å². The number of cyclic esters (lactones) is 1. The summed E-state index contributed by atoms with van der Waals surface area (Å²) < 4.78 is 72.7. The molecule has 1 saturated carbocycles. The number of aromatic nitrogens is 1. The van der Waals surface area contributed by atoms with Gasteiger partial charge in [0.05, 0.1) is 23.8 Å². The van der Waals surface area contributed by atoms with Gasteiger partial charge in [-0.05, 0) is 74.6 Å². The van der Waals surface area contributed by atoms with Crippen LogP contribution in [0, 0.1) is 17.7 Å². The van der Waals surface area contributed by atoms with Crippen LogP contribution in [0.3, 0.4) is 0 Å². The van der Waals surface area contributed by atoms with Gasteiger partial charge in [0.1, 0.15) is 5.56 Å². The first kappa shape index (κ1) is 27.7. The minimum Gasteiger partial charge on any atom is -0.472 e. The number of furan rings is 1. The predicted molar refractivity (Wildman–Crippen MR) is 135 cm³/mol. The Morgan fingerprint density at radius 3 is 2.50 bits per heavy atom. The van der Waals surface area contributed by atoms with E-state index in [1.807, 2.05) is 0 Å². The van der Waals surface area contributed by atoms with Crippen LogP contribution in [0.25, 0.3) is 0 Å². The number of carbonyl (C=O) groups is 2. The van der Waals surface area contributed by atoms with Crippen LogP contribution < -0.4 is 9.64 Å². The number of ether oxygens (including phenoxy) is 2. The topological polar surface area (TPSA) is 81.9 Å². The fourth-order valence-electron chi connectivity index (χ4n) is 5.20. The van der Waals surface area contributed by atoms with Crippen LogP contribution in [0.15, 0.2) is 47.4 Å². The van der Waals surface area contributed by atoms with Gasteiger partial charge in [0, 0.05) is 24.2 Å². The molecule has 1 unspecified atom stereocenters. The van der Waals surface area contributed by atoms with E-state index >= 15 is 4.39 Å². The van der Waals surface area contributed by atoms with E-state index in [0.29, 0.717) is 30.7 Å². The molecule has 1 atom stereocenters. The van der Waals surface area contributed by atoms with Gasteiger partial charge in [0.2, 0.25) is 11.8 Å². The van der Waals surface area contributed by atoms with Gasteiger partial charge in [-0.1, -0.05) is 6.92 Å². The summed E-state index contributed by atoms with van der Waals surface area (Å²) in [7, 11) is 0. The van der Waals surface area contributed by atoms with E-state index < -0.39 is 41.4 Å². The Balaban J connectivity index is 1.43. The van der Waals surface area contributed by atoms with Crippen LogP contribution in [0.5, 0.6) is 11.6 Å². The molecule has 0 saturated heterocycles. The maximum atomic E-state index is 15.3. The van der Waals surface area contributed by atoms with E-state index in [1.165, 1.54) is 30.5 Å². The second-order valence-electron chi connectivity index (χ2n) is 10.4. The molecule has 11 heteroatoms. The van der Waals surface area contributed by atoms with Crippen LogP contribution in [0.1, 0.15) is 66.6 Å². The normalized spacial score (nSPS) is 21.1. The molecule has 0 bridgehead atoms. The number of hydrogen-bond donors (Lipinski definition) is 0. The highest BCUT2D eigenvalue weighted by molar-refractivity contribution is 6.06. The molecule has 1 amide bonds. The maximum Gasteiger partial charge on any atom is 0.421 e. The van der Waals surface area contributed by atoms with Gasteiger partial charge in [-0.3, -0.25) is 9.69 Å². The van der Waals surface area contributed by atoms with E-state index in [0.717, 1.165) is 36.6 Å². The molecule has 3 aromatic rings. The van der Waals surface area contributed by atoms with Crippen molar-refractivity contribution >= 4 is 17.6 Å². The summed E-state index contributed by atoms with van der Waals surface area (Å²) in [4.78, 5) is 31.2. The SMILES string of the molecule is CC1OC(=O)c2cc(Oc3ncc(CCc4ccoc4)cc3C(F)(F)F)c(F)cc2N1C(=O)[C@H]1CC[C@H](C)CC1. The van der Waals surface area contributed by atoms with Gasteiger partial charge in [-0.2, -0.15) is 13.2 Å². The molecule has 7 nitrogen and oxygen atoms in total. The smallest absolute Gasteiger partial charge is 0.421 e. The van der Waals surface area contributed by atoms with Crippen molar-refractivity contribution < 1.29 is 41.0 Å². The van der Waals surface area contributed by atoms with E-state index in [4.69, 9.17) is 13.9 Å². The zero-order valence-electron chi connectivity index (χ0n) is 22.0. The van der Waals surface area contributed by atoms with Crippen molar-refractivity contribution in [2.75, 3.05) is 4.90 Å². The molecule has 0 radical (unpaired) electrons. The zero-order valence-corrected chi connectivity index (χ0v) is 22.0. The number of pyridine rings is 1. The quantitative estimate of drug-likeness (QED) is 0.237. The van der Waals surface area contributed by atoms with Gasteiger partial charge in [-0.25, -0.2) is 14.2 Å². The lowest BCUT2D eigenvalue weighted by Crippen LogP contribution is -2.48. The van der Waals surface area contributed by atoms with E-state index in [1.54, 1.807) is 6.07 Å². The monoisotopic (exact) mass is 560 g/mol. The molecule has 212 valence electrons. The van der Waals surface area contributed by atoms with Crippen molar-refractivity contribution in [2.45, 2.75) is 64.8 Å². The average molecular weight is 561 g/mol. The summed E-state index contributed by atoms with van der Waals surface area (Å²) in [6.45, 7) is 3.63. The Morgan fingerprint density at radius 2 is 1.82 bits per heavy atom. The van der Waals surface area contributed by atoms with Crippen molar-refractivity contribution in [1.29, 1.82) is 0 Å². The van der Waals surface area contributed by atoms with Crippen LogP contribution in [0.2, 0.25) is 0 Å². The molecule has 1 aliphatic carbocycles. The van der Waals surface area contributed by atoms with E-state index in [2.05, 4.69) is 11.9 Å². The highest BCUT2D eigenvalue weighted by Crippen LogP contribution is 2.41. The van der Waals surface area contributed by atoms with Crippen LogP contribution in [-0.2, 0) is 28.5 Å². The fourth-order valence-corrected chi connectivity index (χ4v) is 5.20. The van der Waals surface area contributed by atoms with Crippen LogP contribution in [-0.4, -0.2) is 23.1 Å². The van der Waals surface area contributed by atoms with Gasteiger partial charge in [-0.15, -0.1) is 0 Å². The molecule has 40 heavy (non-hydrogen) atoms. The Hall–Kier alpha value is -3.89. The summed E-state index contributed by atoms with van der Waals surface area (Å²) in [6, 6.07) is 4.50. The van der Waals surface area contributed by atoms with Crippen LogP contribution >= 0.6 is 0 Å². The summed E-state index contributed by atoms with van der Waals surface area (Å²) in [6.07, 6.45) is 2.18. The van der Waals surface area contributed by atoms with Crippen LogP contribution in [0.4, 0.5) is 23.2 Å². The maximum absolute atomic E-state index is 15.3. The summed E-state index contributed by atoms with van der Waals surface area (Å²) in [5.74, 6) is -3.47. The second-order valence-corrected chi connectivity index (χ2v) is 10.4. The number of anilines is 1. The van der Waals surface area contributed by atoms with Gasteiger partial charge >= 0.3 is 12.1 Å². The number of rotatable bonds is 6. The number of alkyl halides is 3. The molecule has 1 fully saturated rings. The summed E-state index contributed by atoms with van der Waals surface area (Å²) in [5, 5.41) is 0. The molecule has 0 spiro atoms. The highest BCUT2D eigenvalue weighted by Gasteiger charge is 2.40. The van der Waals surface area contributed by atoms with Crippen molar-refractivity contribution in [2.24, 2.45) is 11.8 Å². The molecule has 3 heterocycles. The third-order valence-corrected chi connectivity index (χ3v) is 7.48. The van der Waals surface area contributed by atoms with Gasteiger partial charge < -0.3 is 13.9 Å². The number of hydrogen-bond acceptors (Lipinski definition) is 6. The molecule has 1 aromatic carbocycles. The lowest BCUT2D eigenvalue weighted by atomic mass is 9.82. The first-order valence-electron chi connectivity index (χ1n) is 13.1. The Labute approximate surface area is 228 Å². The number of carbonyl (C=O) groups excluding carboxylic acids is 2. The summed E-state index contributed by atoms with van der Waals surface area (Å²) >= 11 is 0. The number of benzene rings is 1. The number of halogens is 4. The second kappa shape index (κ2) is 10.9. The lowest BCUT2D eigenvalue weighted by molar-refractivity contribution is -0.139. The molecule has 0 N–H and O–H groups in total. The number of nitrogens with zero attached hydrogens (tertiary/aromatic N) is 2. The predicted octanol–water partition coefficient (Wildman–Crippen LogP) is 7.09. The highest BCUT2D eigenvalue weighted by atomic mass is 19.4. The van der Waals surface area contributed by atoms with Crippen molar-refractivity contribution in [3.63, 3.8) is 0 Å². The largest absolute Gasteiger partial charge is 0.472 e. The molecule has 1 aliphatic heterocycles. The minimum absolute atomic E-state index is 0.00387. The Morgan fingerprint density at radius 1 is 1.10 bits per heavy atom. The molecule has 5 rings (SSSR count). The Bertz CT molecular complexity index is 1400. The first-order chi connectivity index (χ1) is 19.0. The van der Waals surface area contributed by atoms with Crippen molar-refractivity contribution in [3.05, 3.63) is 71.1 Å². The number of fused-ring (bicyclic) bond motifs is 1. The third-order valence-electron chi connectivity index (χ3n) is 7.48. The lowest BCUT2D eigenvalue weighted by Gasteiger charge is -2.37. The molecule has 2 aliphatic rings. The number of esters is 1. The number of amides is 1. The first-order valence-corrected chi connectivity index (χ1v) is 13.1. The fraction of sp³-hybridized carbons (Fsp3) is 0.414. The zero-order chi connectivity index (χ0) is 28.6. The molecule has 2 aromatic heterocycles. The van der Waals surface area contributed by atoms with Crippen molar-refractivity contribution in [3.8, 4) is 11.6 Å². The van der Waals surface area contributed by atoms with E-state index in [9.17, 15) is 22.8 Å². The third kappa shape index (κ3) is 5.68. The Kier molecular flexibility index (Phi) is 7.57. The molecular formula is C29H28F4N2O5. The number of aryl methyl sites for hydroxylation is 2. The minimum atomic E-state index is -4.84. The summed E-state index contributed by atoms with van der Waals surface area (Å²) in [5.41, 5.74) is -0.255. The van der Waals surface area contributed by atoms with Crippen molar-refractivity contribution in [1.82, 2.24) is 4.98 Å². The van der Waals surface area contributed by atoms with Gasteiger partial charge in [0.15, 0.2) is 17.8 Å². The standard InChI is InChI=1S/C29H28F4N2O5/c1-16-3-7-20(8-4-16)27(36)35-17(2)39-28(37)21-12-25(23(30)13-24(21)35)40-26-22(29(31,32)33)11-19(14-34-26)6-5-18-9-10-38-15-18/h9-17,20H,3-8H2,1-2H3/t16-,17?,20-. The van der Waals surface area contributed by atoms with E-state index in [-0.39, 0.29) is 29.5 Å². The molecular weight excluding hydrogens is 532 g/mol. The average Bonchev–Trinajstić information content (AvgIpc) is 3.42.